The Balaban J connectivity index is 1.06. The lowest BCUT2D eigenvalue weighted by Crippen LogP contribution is -2.01. The Morgan fingerprint density at radius 3 is 1.46 bits per heavy atom. The number of rotatable bonds is 7. The maximum atomic E-state index is 6.40. The van der Waals surface area contributed by atoms with Crippen LogP contribution >= 0.6 is 12.6 Å². The van der Waals surface area contributed by atoms with Crippen LogP contribution in [-0.4, -0.2) is 24.9 Å². The van der Waals surface area contributed by atoms with E-state index in [4.69, 9.17) is 42.0 Å². The molecule has 0 spiro atoms. The summed E-state index contributed by atoms with van der Waals surface area (Å²) in [5.74, 6) is 2.42. The minimum Gasteiger partial charge on any atom is -0.452 e. The third-order valence-electron chi connectivity index (χ3n) is 9.91. The second-order valence-corrected chi connectivity index (χ2v) is 13.8. The summed E-state index contributed by atoms with van der Waals surface area (Å²) in [5, 5.41) is 0.961. The van der Waals surface area contributed by atoms with Crippen molar-refractivity contribution < 1.29 is 4.42 Å². The van der Waals surface area contributed by atoms with Gasteiger partial charge in [0.25, 0.3) is 0 Å². The van der Waals surface area contributed by atoms with Gasteiger partial charge in [0.15, 0.2) is 28.9 Å². The Bertz CT molecular complexity index is 2960. The maximum Gasteiger partial charge on any atom is 0.180 e. The Kier molecular flexibility index (Phi) is 8.46. The number of furan rings is 1. The lowest BCUT2D eigenvalue weighted by atomic mass is 9.92. The van der Waals surface area contributed by atoms with E-state index in [9.17, 15) is 0 Å². The molecule has 0 aliphatic heterocycles. The maximum absolute atomic E-state index is 6.40. The molecule has 10 rings (SSSR count). The van der Waals surface area contributed by atoms with Crippen molar-refractivity contribution in [3.05, 3.63) is 182 Å². The molecule has 0 bridgehead atoms. The summed E-state index contributed by atoms with van der Waals surface area (Å²) in [6, 6.07) is 61.1. The summed E-state index contributed by atoms with van der Waals surface area (Å²) in [7, 11) is 0. The van der Waals surface area contributed by atoms with E-state index in [1.165, 1.54) is 0 Å². The van der Waals surface area contributed by atoms with Crippen LogP contribution in [0.15, 0.2) is 191 Å². The van der Waals surface area contributed by atoms with Crippen LogP contribution in [0.4, 0.5) is 0 Å². The molecule has 0 aliphatic carbocycles. The molecule has 264 valence electrons. The van der Waals surface area contributed by atoms with Gasteiger partial charge in [-0.2, -0.15) is 0 Å². The zero-order valence-corrected chi connectivity index (χ0v) is 30.8. The van der Waals surface area contributed by atoms with Crippen molar-refractivity contribution in [1.29, 1.82) is 0 Å². The quantitative estimate of drug-likeness (QED) is 0.164. The normalized spacial score (nSPS) is 11.3. The van der Waals surface area contributed by atoms with E-state index in [1.807, 2.05) is 127 Å². The van der Waals surface area contributed by atoms with Gasteiger partial charge in [-0.25, -0.2) is 24.9 Å². The van der Waals surface area contributed by atoms with Crippen molar-refractivity contribution in [2.45, 2.75) is 4.90 Å². The van der Waals surface area contributed by atoms with Crippen molar-refractivity contribution >= 4 is 34.7 Å². The molecule has 0 N–H and O–H groups in total. The van der Waals surface area contributed by atoms with Gasteiger partial charge in [0.05, 0.1) is 0 Å². The van der Waals surface area contributed by atoms with Crippen molar-refractivity contribution in [2.24, 2.45) is 0 Å². The van der Waals surface area contributed by atoms with Crippen LogP contribution in [0.5, 0.6) is 0 Å². The molecule has 0 unspecified atom stereocenters. The Labute approximate surface area is 328 Å². The van der Waals surface area contributed by atoms with Gasteiger partial charge < -0.3 is 4.42 Å². The number of hydrogen-bond acceptors (Lipinski definition) is 7. The summed E-state index contributed by atoms with van der Waals surface area (Å²) >= 11 is 5.17. The topological polar surface area (TPSA) is 77.6 Å². The van der Waals surface area contributed by atoms with E-state index in [-0.39, 0.29) is 0 Å². The number of nitrogens with zero attached hydrogens (tertiary/aromatic N) is 5. The van der Waals surface area contributed by atoms with Crippen LogP contribution < -0.4 is 0 Å². The largest absolute Gasteiger partial charge is 0.452 e. The molecule has 7 heteroatoms. The van der Waals surface area contributed by atoms with Gasteiger partial charge in [0.2, 0.25) is 0 Å². The number of para-hydroxylation sites is 1. The minimum atomic E-state index is 0.558. The van der Waals surface area contributed by atoms with E-state index in [0.717, 1.165) is 77.1 Å². The highest BCUT2D eigenvalue weighted by atomic mass is 32.1. The van der Waals surface area contributed by atoms with Gasteiger partial charge in [-0.3, -0.25) is 0 Å². The highest BCUT2D eigenvalue weighted by Crippen LogP contribution is 2.41. The highest BCUT2D eigenvalue weighted by molar-refractivity contribution is 7.80. The molecule has 0 aliphatic rings. The van der Waals surface area contributed by atoms with Crippen LogP contribution in [0.1, 0.15) is 0 Å². The van der Waals surface area contributed by atoms with Gasteiger partial charge in [-0.05, 0) is 34.4 Å². The minimum absolute atomic E-state index is 0.558. The fraction of sp³-hybridized carbons (Fsp3) is 0. The molecule has 0 atom stereocenters. The third-order valence-corrected chi connectivity index (χ3v) is 10.4. The Morgan fingerprint density at radius 1 is 0.339 bits per heavy atom. The van der Waals surface area contributed by atoms with Crippen LogP contribution in [0, 0.1) is 0 Å². The molecular weight excluding hydrogens is 707 g/mol. The van der Waals surface area contributed by atoms with E-state index in [2.05, 4.69) is 54.6 Å². The Hall–Kier alpha value is -7.22. The van der Waals surface area contributed by atoms with Gasteiger partial charge in [0, 0.05) is 38.1 Å². The molecule has 0 saturated heterocycles. The van der Waals surface area contributed by atoms with Crippen molar-refractivity contribution in [3.8, 4) is 79.1 Å². The predicted molar refractivity (Wildman–Crippen MR) is 228 cm³/mol. The second-order valence-electron chi connectivity index (χ2n) is 13.4. The molecule has 7 aromatic carbocycles. The molecule has 0 fully saturated rings. The molecule has 0 radical (unpaired) electrons. The summed E-state index contributed by atoms with van der Waals surface area (Å²) in [6.07, 6.45) is 0. The number of aromatic nitrogens is 5. The fourth-order valence-electron chi connectivity index (χ4n) is 7.15. The first-order valence-electron chi connectivity index (χ1n) is 18.3. The second kappa shape index (κ2) is 14.2. The SMILES string of the molecule is Sc1c(-c2nc(-c3ccccc3)nc(-c3ccccc3)n2)cccc1-c1ccccc1-c1ccc(-c2nc(-c3ccccc3)nc3c2oc2ccccc23)cc1. The highest BCUT2D eigenvalue weighted by Gasteiger charge is 2.20. The van der Waals surface area contributed by atoms with Crippen molar-refractivity contribution in [3.63, 3.8) is 0 Å². The molecule has 10 aromatic rings. The number of hydrogen-bond donors (Lipinski definition) is 1. The zero-order valence-electron chi connectivity index (χ0n) is 29.9. The lowest BCUT2D eigenvalue weighted by Gasteiger charge is -2.15. The van der Waals surface area contributed by atoms with Crippen molar-refractivity contribution in [2.75, 3.05) is 0 Å². The smallest absolute Gasteiger partial charge is 0.180 e. The standard InChI is InChI=1S/C49H31N5OS/c56-45-38(24-14-25-40(45)49-53-47(34-17-6-2-7-18-34)52-48(54-49)35-19-8-3-9-20-35)37-22-11-10-21-36(37)31-27-29-32(30-28-31)42-44-43(39-23-12-13-26-41(39)55-44)51-46(50-42)33-15-4-1-5-16-33/h1-30,56H. The van der Waals surface area contributed by atoms with Gasteiger partial charge in [-0.15, -0.1) is 12.6 Å². The zero-order chi connectivity index (χ0) is 37.4. The summed E-state index contributed by atoms with van der Waals surface area (Å²) in [4.78, 5) is 25.7. The van der Waals surface area contributed by atoms with E-state index >= 15 is 0 Å². The molecule has 0 amide bonds. The molecular formula is C49H31N5OS. The number of fused-ring (bicyclic) bond motifs is 3. The summed E-state index contributed by atoms with van der Waals surface area (Å²) in [6.45, 7) is 0. The van der Waals surface area contributed by atoms with E-state index < -0.39 is 0 Å². The van der Waals surface area contributed by atoms with Crippen LogP contribution in [-0.2, 0) is 0 Å². The van der Waals surface area contributed by atoms with Crippen LogP contribution in [0.3, 0.4) is 0 Å². The lowest BCUT2D eigenvalue weighted by molar-refractivity contribution is 0.667. The molecule has 3 aromatic heterocycles. The molecule has 0 saturated carbocycles. The fourth-order valence-corrected chi connectivity index (χ4v) is 7.52. The third kappa shape index (κ3) is 6.10. The van der Waals surface area contributed by atoms with Crippen molar-refractivity contribution in [1.82, 2.24) is 24.9 Å². The first-order chi connectivity index (χ1) is 27.7. The molecule has 56 heavy (non-hydrogen) atoms. The van der Waals surface area contributed by atoms with Crippen LogP contribution in [0.2, 0.25) is 0 Å². The first-order valence-corrected chi connectivity index (χ1v) is 18.8. The predicted octanol–water partition coefficient (Wildman–Crippen LogP) is 12.5. The Morgan fingerprint density at radius 2 is 0.821 bits per heavy atom. The molecule has 3 heterocycles. The average Bonchev–Trinajstić information content (AvgIpc) is 3.66. The average molecular weight is 738 g/mol. The number of thiol groups is 1. The van der Waals surface area contributed by atoms with E-state index in [1.54, 1.807) is 0 Å². The van der Waals surface area contributed by atoms with Gasteiger partial charge >= 0.3 is 0 Å². The summed E-state index contributed by atoms with van der Waals surface area (Å²) in [5.41, 5.74) is 11.7. The monoisotopic (exact) mass is 737 g/mol. The first kappa shape index (κ1) is 33.4. The number of benzene rings is 7. The summed E-state index contributed by atoms with van der Waals surface area (Å²) < 4.78 is 6.40. The van der Waals surface area contributed by atoms with Crippen LogP contribution in [0.25, 0.3) is 101 Å². The van der Waals surface area contributed by atoms with Gasteiger partial charge in [-0.1, -0.05) is 170 Å². The van der Waals surface area contributed by atoms with E-state index in [0.29, 0.717) is 28.9 Å². The molecule has 6 nitrogen and oxygen atoms in total. The van der Waals surface area contributed by atoms with Gasteiger partial charge in [0.1, 0.15) is 16.8 Å².